The molecule has 0 radical (unpaired) electrons. The van der Waals surface area contributed by atoms with Crippen LogP contribution in [0.15, 0.2) is 16.0 Å². The molecule has 104 valence electrons. The van der Waals surface area contributed by atoms with Crippen LogP contribution in [0.1, 0.15) is 31.2 Å². The lowest BCUT2D eigenvalue weighted by molar-refractivity contribution is 0.126. The number of rotatable bonds is 2. The number of hydrogen-bond acceptors (Lipinski definition) is 5. The van der Waals surface area contributed by atoms with Crippen LogP contribution in [-0.2, 0) is 0 Å². The molecule has 6 heteroatoms. The second-order valence-corrected chi connectivity index (χ2v) is 7.51. The van der Waals surface area contributed by atoms with Gasteiger partial charge in [0.05, 0.1) is 20.2 Å². The third-order valence-electron chi connectivity index (χ3n) is 3.68. The third kappa shape index (κ3) is 2.66. The van der Waals surface area contributed by atoms with Gasteiger partial charge in [0.25, 0.3) is 0 Å². The highest BCUT2D eigenvalue weighted by Gasteiger charge is 2.21. The molecule has 0 amide bonds. The van der Waals surface area contributed by atoms with E-state index in [1.165, 1.54) is 0 Å². The van der Waals surface area contributed by atoms with Gasteiger partial charge in [-0.3, -0.25) is 0 Å². The van der Waals surface area contributed by atoms with Gasteiger partial charge in [-0.25, -0.2) is 4.98 Å². The molecule has 0 bridgehead atoms. The predicted molar refractivity (Wildman–Crippen MR) is 83.9 cm³/mol. The number of nitriles is 1. The molecule has 20 heavy (non-hydrogen) atoms. The molecule has 3 rings (SSSR count). The van der Waals surface area contributed by atoms with Crippen molar-refractivity contribution >= 4 is 43.2 Å². The van der Waals surface area contributed by atoms with E-state index in [1.54, 1.807) is 17.5 Å². The van der Waals surface area contributed by atoms with Crippen LogP contribution in [0.4, 0.5) is 5.82 Å². The number of aliphatic hydroxyl groups excluding tert-OH is 1. The number of nitrogens with zero attached hydrogens (tertiary/aromatic N) is 2. The van der Waals surface area contributed by atoms with E-state index < -0.39 is 0 Å². The smallest absolute Gasteiger partial charge is 0.135 e. The highest BCUT2D eigenvalue weighted by molar-refractivity contribution is 9.11. The molecule has 1 aliphatic rings. The van der Waals surface area contributed by atoms with E-state index in [1.807, 2.05) is 6.07 Å². The molecule has 0 atom stereocenters. The second kappa shape index (κ2) is 5.68. The summed E-state index contributed by atoms with van der Waals surface area (Å²) in [5.41, 5.74) is 0.611. The molecule has 0 spiro atoms. The lowest BCUT2D eigenvalue weighted by Gasteiger charge is -2.26. The summed E-state index contributed by atoms with van der Waals surface area (Å²) < 4.78 is 1.96. The van der Waals surface area contributed by atoms with Gasteiger partial charge in [0.2, 0.25) is 0 Å². The average molecular weight is 352 g/mol. The molecule has 2 aromatic heterocycles. The van der Waals surface area contributed by atoms with Crippen LogP contribution >= 0.6 is 27.3 Å². The Morgan fingerprint density at radius 3 is 2.85 bits per heavy atom. The Balaban J connectivity index is 1.90. The van der Waals surface area contributed by atoms with Crippen LogP contribution in [-0.4, -0.2) is 22.2 Å². The molecule has 2 heterocycles. The average Bonchev–Trinajstić information content (AvgIpc) is 2.83. The van der Waals surface area contributed by atoms with Crippen molar-refractivity contribution in [1.29, 1.82) is 5.26 Å². The Hall–Kier alpha value is -1.16. The van der Waals surface area contributed by atoms with Crippen molar-refractivity contribution in [2.45, 2.75) is 37.8 Å². The fourth-order valence-corrected chi connectivity index (χ4v) is 4.16. The van der Waals surface area contributed by atoms with Crippen molar-refractivity contribution in [3.05, 3.63) is 21.6 Å². The van der Waals surface area contributed by atoms with Gasteiger partial charge in [-0.05, 0) is 47.7 Å². The Morgan fingerprint density at radius 1 is 1.40 bits per heavy atom. The molecule has 2 aromatic rings. The highest BCUT2D eigenvalue weighted by atomic mass is 79.9. The minimum Gasteiger partial charge on any atom is -0.393 e. The number of anilines is 1. The molecular weight excluding hydrogens is 338 g/mol. The number of thiophene rings is 1. The fourth-order valence-electron chi connectivity index (χ4n) is 2.60. The molecule has 0 aromatic carbocycles. The van der Waals surface area contributed by atoms with E-state index in [0.29, 0.717) is 11.6 Å². The van der Waals surface area contributed by atoms with Gasteiger partial charge in [-0.15, -0.1) is 11.3 Å². The van der Waals surface area contributed by atoms with E-state index in [-0.39, 0.29) is 6.10 Å². The van der Waals surface area contributed by atoms with Gasteiger partial charge >= 0.3 is 0 Å². The summed E-state index contributed by atoms with van der Waals surface area (Å²) in [6, 6.07) is 4.54. The summed E-state index contributed by atoms with van der Waals surface area (Å²) in [5, 5.41) is 23.1. The Bertz CT molecular complexity index is 671. The van der Waals surface area contributed by atoms with E-state index in [0.717, 1.165) is 45.4 Å². The summed E-state index contributed by atoms with van der Waals surface area (Å²) in [6.07, 6.45) is 5.06. The van der Waals surface area contributed by atoms with E-state index >= 15 is 0 Å². The van der Waals surface area contributed by atoms with E-state index in [2.05, 4.69) is 32.3 Å². The summed E-state index contributed by atoms with van der Waals surface area (Å²) >= 11 is 5.03. The number of aliphatic hydroxyl groups is 1. The van der Waals surface area contributed by atoms with Crippen molar-refractivity contribution in [3.8, 4) is 6.07 Å². The van der Waals surface area contributed by atoms with Gasteiger partial charge in [0, 0.05) is 17.6 Å². The first-order valence-corrected chi connectivity index (χ1v) is 8.21. The van der Waals surface area contributed by atoms with Crippen LogP contribution in [0, 0.1) is 11.3 Å². The monoisotopic (exact) mass is 351 g/mol. The summed E-state index contributed by atoms with van der Waals surface area (Å²) in [4.78, 5) is 4.39. The fraction of sp³-hybridized carbons (Fsp3) is 0.429. The maximum Gasteiger partial charge on any atom is 0.135 e. The number of nitrogens with one attached hydrogen (secondary N) is 1. The molecule has 1 saturated carbocycles. The number of aromatic nitrogens is 1. The molecule has 0 unspecified atom stereocenters. The molecular formula is C14H14BrN3OS. The van der Waals surface area contributed by atoms with Gasteiger partial charge in [-0.2, -0.15) is 5.26 Å². The zero-order valence-corrected chi connectivity index (χ0v) is 13.2. The molecule has 0 aliphatic heterocycles. The zero-order valence-electron chi connectivity index (χ0n) is 10.8. The quantitative estimate of drug-likeness (QED) is 0.866. The van der Waals surface area contributed by atoms with Gasteiger partial charge < -0.3 is 10.4 Å². The minimum atomic E-state index is -0.155. The largest absolute Gasteiger partial charge is 0.393 e. The third-order valence-corrected chi connectivity index (χ3v) is 5.35. The SMILES string of the molecule is N#Cc1cnc(NC2CCC(O)CC2)c2cc(Br)sc12. The maximum absolute atomic E-state index is 9.55. The summed E-state index contributed by atoms with van der Waals surface area (Å²) in [7, 11) is 0. The van der Waals surface area contributed by atoms with Gasteiger partial charge in [0.1, 0.15) is 11.9 Å². The van der Waals surface area contributed by atoms with Crippen molar-refractivity contribution in [2.75, 3.05) is 5.32 Å². The van der Waals surface area contributed by atoms with Gasteiger partial charge in [0.15, 0.2) is 0 Å². The van der Waals surface area contributed by atoms with Crippen molar-refractivity contribution < 1.29 is 5.11 Å². The lowest BCUT2D eigenvalue weighted by atomic mass is 9.93. The molecule has 1 aliphatic carbocycles. The predicted octanol–water partition coefficient (Wildman–Crippen LogP) is 3.65. The van der Waals surface area contributed by atoms with Crippen molar-refractivity contribution in [3.63, 3.8) is 0 Å². The second-order valence-electron chi connectivity index (χ2n) is 5.08. The van der Waals surface area contributed by atoms with E-state index in [9.17, 15) is 5.11 Å². The number of hydrogen-bond donors (Lipinski definition) is 2. The standard InChI is InChI=1S/C14H14BrN3OS/c15-12-5-11-13(20-12)8(6-16)7-17-14(11)18-9-1-3-10(19)4-2-9/h5,7,9-10,19H,1-4H2,(H,17,18). The summed E-state index contributed by atoms with van der Waals surface area (Å²) in [5.74, 6) is 0.835. The number of halogens is 1. The minimum absolute atomic E-state index is 0.155. The Kier molecular flexibility index (Phi) is 3.92. The maximum atomic E-state index is 9.55. The van der Waals surface area contributed by atoms with Gasteiger partial charge in [-0.1, -0.05) is 0 Å². The van der Waals surface area contributed by atoms with Crippen LogP contribution in [0.5, 0.6) is 0 Å². The Morgan fingerprint density at radius 2 is 2.15 bits per heavy atom. The van der Waals surface area contributed by atoms with Crippen molar-refractivity contribution in [2.24, 2.45) is 0 Å². The van der Waals surface area contributed by atoms with Crippen LogP contribution < -0.4 is 5.32 Å². The van der Waals surface area contributed by atoms with Crippen LogP contribution in [0.3, 0.4) is 0 Å². The molecule has 1 fully saturated rings. The first kappa shape index (κ1) is 13.8. The zero-order chi connectivity index (χ0) is 14.1. The topological polar surface area (TPSA) is 68.9 Å². The summed E-state index contributed by atoms with van der Waals surface area (Å²) in [6.45, 7) is 0. The first-order valence-electron chi connectivity index (χ1n) is 6.60. The normalized spacial score (nSPS) is 22.6. The number of pyridine rings is 1. The van der Waals surface area contributed by atoms with Crippen molar-refractivity contribution in [1.82, 2.24) is 4.98 Å². The first-order chi connectivity index (χ1) is 9.67. The molecule has 4 nitrogen and oxygen atoms in total. The Labute approximate surface area is 129 Å². The molecule has 2 N–H and O–H groups in total. The van der Waals surface area contributed by atoms with Crippen LogP contribution in [0.2, 0.25) is 0 Å². The lowest BCUT2D eigenvalue weighted by Crippen LogP contribution is -2.28. The highest BCUT2D eigenvalue weighted by Crippen LogP contribution is 2.36. The number of fused-ring (bicyclic) bond motifs is 1. The van der Waals surface area contributed by atoms with E-state index in [4.69, 9.17) is 5.26 Å². The van der Waals surface area contributed by atoms with Crippen LogP contribution in [0.25, 0.3) is 10.1 Å². The molecule has 0 saturated heterocycles.